The van der Waals surface area contributed by atoms with Gasteiger partial charge in [0, 0.05) is 26.2 Å². The molecule has 0 aromatic carbocycles. The largest absolute Gasteiger partial charge is 0.378 e. The van der Waals surface area contributed by atoms with E-state index < -0.39 is 0 Å². The average Bonchev–Trinajstić information content (AvgIpc) is 2.69. The average molecular weight is 381 g/mol. The number of nitrogens with two attached hydrogens (primary N) is 1. The molecule has 2 heterocycles. The van der Waals surface area contributed by atoms with Crippen LogP contribution in [0.5, 0.6) is 0 Å². The third-order valence-electron chi connectivity index (χ3n) is 3.93. The van der Waals surface area contributed by atoms with Gasteiger partial charge < -0.3 is 15.4 Å². The third-order valence-corrected chi connectivity index (χ3v) is 3.93. The van der Waals surface area contributed by atoms with E-state index in [1.54, 1.807) is 0 Å². The third kappa shape index (κ3) is 6.29. The first-order valence-corrected chi connectivity index (χ1v) is 7.53. The summed E-state index contributed by atoms with van der Waals surface area (Å²) in [5.74, 6) is 0.743. The van der Waals surface area contributed by atoms with Crippen molar-refractivity contribution in [2.45, 2.75) is 57.5 Å². The quantitative estimate of drug-likeness (QED) is 0.465. The van der Waals surface area contributed by atoms with Crippen LogP contribution >= 0.6 is 24.0 Å². The van der Waals surface area contributed by atoms with Gasteiger partial charge in [-0.1, -0.05) is 12.8 Å². The lowest BCUT2D eigenvalue weighted by Crippen LogP contribution is -2.38. The highest BCUT2D eigenvalue weighted by Crippen LogP contribution is 2.15. The summed E-state index contributed by atoms with van der Waals surface area (Å²) in [6.07, 6.45) is 10.3. The number of ether oxygens (including phenoxy) is 1. The zero-order chi connectivity index (χ0) is 12.6. The van der Waals surface area contributed by atoms with Crippen molar-refractivity contribution in [1.29, 1.82) is 0 Å². The van der Waals surface area contributed by atoms with Gasteiger partial charge in [-0.2, -0.15) is 0 Å². The second kappa shape index (κ2) is 9.80. The van der Waals surface area contributed by atoms with E-state index in [0.717, 1.165) is 38.6 Å². The standard InChI is InChI=1S/C14H27N3O.HI/c15-14(17-10-4-1-2-5-11-17)16-9-8-13-7-3-6-12-18-13;/h13H,1-12H2,(H2,15,16);1H. The van der Waals surface area contributed by atoms with E-state index in [2.05, 4.69) is 9.89 Å². The lowest BCUT2D eigenvalue weighted by molar-refractivity contribution is 0.0129. The number of likely N-dealkylation sites (tertiary alicyclic amines) is 1. The van der Waals surface area contributed by atoms with Crippen molar-refractivity contribution in [3.63, 3.8) is 0 Å². The van der Waals surface area contributed by atoms with E-state index in [1.165, 1.54) is 44.9 Å². The minimum absolute atomic E-state index is 0. The summed E-state index contributed by atoms with van der Waals surface area (Å²) in [5, 5.41) is 0. The molecule has 112 valence electrons. The first kappa shape index (κ1) is 17.0. The molecule has 0 aromatic rings. The van der Waals surface area contributed by atoms with E-state index in [4.69, 9.17) is 10.5 Å². The summed E-state index contributed by atoms with van der Waals surface area (Å²) in [6, 6.07) is 0. The van der Waals surface area contributed by atoms with Crippen molar-refractivity contribution in [1.82, 2.24) is 4.90 Å². The molecule has 5 heteroatoms. The Kier molecular flexibility index (Phi) is 8.77. The summed E-state index contributed by atoms with van der Waals surface area (Å²) in [5.41, 5.74) is 6.07. The molecule has 1 atom stereocenters. The maximum atomic E-state index is 6.07. The molecule has 2 saturated heterocycles. The van der Waals surface area contributed by atoms with Crippen LogP contribution in [-0.4, -0.2) is 43.2 Å². The van der Waals surface area contributed by atoms with Crippen molar-refractivity contribution >= 4 is 29.9 Å². The zero-order valence-corrected chi connectivity index (χ0v) is 14.2. The highest BCUT2D eigenvalue weighted by atomic mass is 127. The molecular weight excluding hydrogens is 353 g/mol. The van der Waals surface area contributed by atoms with Crippen molar-refractivity contribution in [3.8, 4) is 0 Å². The van der Waals surface area contributed by atoms with Crippen LogP contribution in [0.3, 0.4) is 0 Å². The van der Waals surface area contributed by atoms with E-state index in [0.29, 0.717) is 6.10 Å². The van der Waals surface area contributed by atoms with Crippen molar-refractivity contribution in [2.75, 3.05) is 26.2 Å². The molecule has 19 heavy (non-hydrogen) atoms. The van der Waals surface area contributed by atoms with Crippen LogP contribution in [-0.2, 0) is 4.74 Å². The van der Waals surface area contributed by atoms with Crippen LogP contribution in [0.4, 0.5) is 0 Å². The summed E-state index contributed by atoms with van der Waals surface area (Å²) in [7, 11) is 0. The van der Waals surface area contributed by atoms with E-state index in [1.807, 2.05) is 0 Å². The predicted octanol–water partition coefficient (Wildman–Crippen LogP) is 2.75. The Balaban J connectivity index is 0.00000180. The molecule has 0 aromatic heterocycles. The number of rotatable bonds is 3. The fraction of sp³-hybridized carbons (Fsp3) is 0.929. The van der Waals surface area contributed by atoms with Gasteiger partial charge in [-0.15, -0.1) is 24.0 Å². The van der Waals surface area contributed by atoms with Gasteiger partial charge in [0.05, 0.1) is 6.10 Å². The van der Waals surface area contributed by atoms with Crippen LogP contribution in [0.2, 0.25) is 0 Å². The van der Waals surface area contributed by atoms with E-state index in [9.17, 15) is 0 Å². The summed E-state index contributed by atoms with van der Waals surface area (Å²) >= 11 is 0. The molecule has 0 amide bonds. The van der Waals surface area contributed by atoms with Gasteiger partial charge in [0.15, 0.2) is 5.96 Å². The van der Waals surface area contributed by atoms with E-state index >= 15 is 0 Å². The normalized spacial score (nSPS) is 25.6. The number of nitrogens with zero attached hydrogens (tertiary/aromatic N) is 2. The van der Waals surface area contributed by atoms with Gasteiger partial charge in [0.2, 0.25) is 0 Å². The van der Waals surface area contributed by atoms with Crippen LogP contribution < -0.4 is 5.73 Å². The second-order valence-corrected chi connectivity index (χ2v) is 5.42. The molecule has 0 aliphatic carbocycles. The molecule has 2 aliphatic heterocycles. The zero-order valence-electron chi connectivity index (χ0n) is 11.9. The van der Waals surface area contributed by atoms with Gasteiger partial charge in [-0.05, 0) is 38.5 Å². The summed E-state index contributed by atoms with van der Waals surface area (Å²) in [6.45, 7) is 3.90. The fourth-order valence-electron chi connectivity index (χ4n) is 2.76. The van der Waals surface area contributed by atoms with Crippen LogP contribution in [0, 0.1) is 0 Å². The molecule has 0 bridgehead atoms. The Morgan fingerprint density at radius 2 is 1.84 bits per heavy atom. The van der Waals surface area contributed by atoms with E-state index in [-0.39, 0.29) is 24.0 Å². The van der Waals surface area contributed by atoms with Crippen LogP contribution in [0.25, 0.3) is 0 Å². The Bertz CT molecular complexity index is 259. The lowest BCUT2D eigenvalue weighted by Gasteiger charge is -2.23. The smallest absolute Gasteiger partial charge is 0.191 e. The van der Waals surface area contributed by atoms with Gasteiger partial charge >= 0.3 is 0 Å². The molecule has 0 spiro atoms. The van der Waals surface area contributed by atoms with Crippen molar-refractivity contribution in [3.05, 3.63) is 0 Å². The number of aliphatic imine (C=N–C) groups is 1. The first-order valence-electron chi connectivity index (χ1n) is 7.53. The molecular formula is C14H28IN3O. The van der Waals surface area contributed by atoms with Gasteiger partial charge in [-0.25, -0.2) is 0 Å². The Morgan fingerprint density at radius 1 is 1.11 bits per heavy atom. The molecule has 0 radical (unpaired) electrons. The molecule has 2 rings (SSSR count). The number of guanidine groups is 1. The minimum Gasteiger partial charge on any atom is -0.378 e. The monoisotopic (exact) mass is 381 g/mol. The predicted molar refractivity (Wildman–Crippen MR) is 90.2 cm³/mol. The maximum Gasteiger partial charge on any atom is 0.191 e. The highest BCUT2D eigenvalue weighted by molar-refractivity contribution is 14.0. The first-order chi connectivity index (χ1) is 8.86. The summed E-state index contributed by atoms with van der Waals surface area (Å²) in [4.78, 5) is 6.77. The molecule has 2 fully saturated rings. The summed E-state index contributed by atoms with van der Waals surface area (Å²) < 4.78 is 5.70. The molecule has 0 saturated carbocycles. The SMILES string of the molecule is I.NC(=NCCC1CCCCO1)N1CCCCCC1. The Labute approximate surface area is 134 Å². The second-order valence-electron chi connectivity index (χ2n) is 5.42. The molecule has 2 aliphatic rings. The van der Waals surface area contributed by atoms with Crippen molar-refractivity contribution < 1.29 is 4.74 Å². The van der Waals surface area contributed by atoms with Gasteiger partial charge in [0.1, 0.15) is 0 Å². The molecule has 4 nitrogen and oxygen atoms in total. The van der Waals surface area contributed by atoms with Crippen LogP contribution in [0.1, 0.15) is 51.4 Å². The number of hydrogen-bond donors (Lipinski definition) is 1. The highest BCUT2D eigenvalue weighted by Gasteiger charge is 2.14. The van der Waals surface area contributed by atoms with Crippen LogP contribution in [0.15, 0.2) is 4.99 Å². The van der Waals surface area contributed by atoms with Gasteiger partial charge in [-0.3, -0.25) is 4.99 Å². The lowest BCUT2D eigenvalue weighted by atomic mass is 10.1. The Morgan fingerprint density at radius 3 is 2.47 bits per heavy atom. The number of halogens is 1. The van der Waals surface area contributed by atoms with Gasteiger partial charge in [0.25, 0.3) is 0 Å². The fourth-order valence-corrected chi connectivity index (χ4v) is 2.76. The minimum atomic E-state index is 0. The Hall–Kier alpha value is -0.0400. The topological polar surface area (TPSA) is 50.9 Å². The van der Waals surface area contributed by atoms with Crippen molar-refractivity contribution in [2.24, 2.45) is 10.7 Å². The molecule has 2 N–H and O–H groups in total. The number of hydrogen-bond acceptors (Lipinski definition) is 2. The maximum absolute atomic E-state index is 6.07. The molecule has 1 unspecified atom stereocenters.